The third-order valence-electron chi connectivity index (χ3n) is 3.26. The van der Waals surface area contributed by atoms with E-state index in [1.807, 2.05) is 0 Å². The molecule has 2 aromatic rings. The van der Waals surface area contributed by atoms with Gasteiger partial charge < -0.3 is 0 Å². The van der Waals surface area contributed by atoms with E-state index in [-0.39, 0.29) is 23.8 Å². The molecule has 0 amide bonds. The van der Waals surface area contributed by atoms with E-state index in [9.17, 15) is 22.9 Å². The second-order valence-electron chi connectivity index (χ2n) is 5.22. The van der Waals surface area contributed by atoms with Crippen LogP contribution in [0.5, 0.6) is 0 Å². The number of nitro groups is 1. The monoisotopic (exact) mass is 384 g/mol. The Morgan fingerprint density at radius 2 is 1.92 bits per heavy atom. The van der Waals surface area contributed by atoms with Crippen LogP contribution in [0.2, 0.25) is 0 Å². The number of thioether (sulfide) groups is 1. The minimum Gasteiger partial charge on any atom is -0.258 e. The Balaban J connectivity index is 1.79. The third kappa shape index (κ3) is 6.45. The summed E-state index contributed by atoms with van der Waals surface area (Å²) >= 11 is 1.42. The molecule has 0 aliphatic heterocycles. The van der Waals surface area contributed by atoms with Gasteiger partial charge in [0.15, 0.2) is 0 Å². The summed E-state index contributed by atoms with van der Waals surface area (Å²) < 4.78 is 39.9. The van der Waals surface area contributed by atoms with Crippen molar-refractivity contribution in [2.24, 2.45) is 0 Å². The lowest BCUT2D eigenvalue weighted by Gasteiger charge is -2.07. The molecule has 0 saturated carbocycles. The van der Waals surface area contributed by atoms with Crippen LogP contribution in [0.4, 0.5) is 10.1 Å². The van der Waals surface area contributed by atoms with E-state index < -0.39 is 14.9 Å². The van der Waals surface area contributed by atoms with Crippen LogP contribution in [0.15, 0.2) is 48.5 Å². The van der Waals surface area contributed by atoms with E-state index in [0.717, 1.165) is 0 Å². The lowest BCUT2D eigenvalue weighted by Crippen LogP contribution is -2.27. The molecule has 0 aromatic heterocycles. The van der Waals surface area contributed by atoms with Crippen LogP contribution < -0.4 is 4.72 Å². The van der Waals surface area contributed by atoms with Crippen LogP contribution in [-0.2, 0) is 21.5 Å². The van der Waals surface area contributed by atoms with Crippen molar-refractivity contribution in [1.82, 2.24) is 4.72 Å². The maximum atomic E-state index is 13.4. The van der Waals surface area contributed by atoms with Gasteiger partial charge in [0.25, 0.3) is 5.69 Å². The van der Waals surface area contributed by atoms with E-state index in [4.69, 9.17) is 0 Å². The fourth-order valence-corrected chi connectivity index (χ4v) is 4.20. The quantitative estimate of drug-likeness (QED) is 0.408. The first kappa shape index (κ1) is 19.4. The molecule has 0 atom stereocenters. The SMILES string of the molecule is O=[N+]([O-])c1cccc(CS(=O)(=O)NCCSCc2ccccc2F)c1. The zero-order valence-corrected chi connectivity index (χ0v) is 14.9. The topological polar surface area (TPSA) is 89.3 Å². The molecule has 0 unspecified atom stereocenters. The van der Waals surface area contributed by atoms with Crippen LogP contribution in [0.3, 0.4) is 0 Å². The number of hydrogen-bond acceptors (Lipinski definition) is 5. The maximum absolute atomic E-state index is 13.4. The second kappa shape index (κ2) is 8.93. The van der Waals surface area contributed by atoms with Gasteiger partial charge in [0.1, 0.15) is 5.82 Å². The number of nitrogens with one attached hydrogen (secondary N) is 1. The summed E-state index contributed by atoms with van der Waals surface area (Å²) in [6.45, 7) is 0.205. The number of nitro benzene ring substituents is 1. The molecule has 134 valence electrons. The second-order valence-corrected chi connectivity index (χ2v) is 8.14. The molecule has 0 radical (unpaired) electrons. The summed E-state index contributed by atoms with van der Waals surface area (Å²) in [5.74, 6) is 0.343. The molecule has 0 aliphatic rings. The van der Waals surface area contributed by atoms with Gasteiger partial charge in [0.05, 0.1) is 10.7 Å². The summed E-state index contributed by atoms with van der Waals surface area (Å²) in [6.07, 6.45) is 0. The predicted octanol–water partition coefficient (Wildman–Crippen LogP) is 3.09. The lowest BCUT2D eigenvalue weighted by atomic mass is 10.2. The van der Waals surface area contributed by atoms with E-state index in [1.54, 1.807) is 18.2 Å². The van der Waals surface area contributed by atoms with Gasteiger partial charge in [-0.3, -0.25) is 10.1 Å². The normalized spacial score (nSPS) is 11.4. The number of sulfonamides is 1. The van der Waals surface area contributed by atoms with E-state index >= 15 is 0 Å². The number of nitrogens with zero attached hydrogens (tertiary/aromatic N) is 1. The number of halogens is 1. The minimum absolute atomic E-state index is 0.145. The number of benzene rings is 2. The smallest absolute Gasteiger partial charge is 0.258 e. The van der Waals surface area contributed by atoms with Crippen molar-refractivity contribution in [1.29, 1.82) is 0 Å². The minimum atomic E-state index is -3.59. The standard InChI is InChI=1S/C16H17FN2O4S2/c17-16-7-2-1-5-14(16)11-24-9-8-18-25(22,23)12-13-4-3-6-15(10-13)19(20)21/h1-7,10,18H,8-9,11-12H2. The molecule has 1 N–H and O–H groups in total. The van der Waals surface area contributed by atoms with Gasteiger partial charge in [-0.15, -0.1) is 0 Å². The summed E-state index contributed by atoms with van der Waals surface area (Å²) in [5.41, 5.74) is 0.779. The molecule has 6 nitrogen and oxygen atoms in total. The summed E-state index contributed by atoms with van der Waals surface area (Å²) in [5, 5.41) is 10.7. The van der Waals surface area contributed by atoms with Crippen molar-refractivity contribution in [3.05, 3.63) is 75.6 Å². The number of non-ortho nitro benzene ring substituents is 1. The molecule has 0 saturated heterocycles. The molecule has 0 fully saturated rings. The van der Waals surface area contributed by atoms with Crippen molar-refractivity contribution in [2.45, 2.75) is 11.5 Å². The molecule has 25 heavy (non-hydrogen) atoms. The van der Waals surface area contributed by atoms with Crippen molar-refractivity contribution in [3.63, 3.8) is 0 Å². The Kier molecular flexibility index (Phi) is 6.91. The van der Waals surface area contributed by atoms with Crippen molar-refractivity contribution < 1.29 is 17.7 Å². The Hall–Kier alpha value is -1.97. The van der Waals surface area contributed by atoms with Gasteiger partial charge in [-0.1, -0.05) is 30.3 Å². The predicted molar refractivity (Wildman–Crippen MR) is 96.3 cm³/mol. The molecule has 2 aromatic carbocycles. The highest BCUT2D eigenvalue weighted by atomic mass is 32.2. The molecule has 0 bridgehead atoms. The molecule has 0 heterocycles. The highest BCUT2D eigenvalue weighted by Crippen LogP contribution is 2.16. The zero-order valence-electron chi connectivity index (χ0n) is 13.2. The zero-order chi connectivity index (χ0) is 18.3. The van der Waals surface area contributed by atoms with Crippen molar-refractivity contribution >= 4 is 27.5 Å². The lowest BCUT2D eigenvalue weighted by molar-refractivity contribution is -0.384. The average Bonchev–Trinajstić information content (AvgIpc) is 2.56. The molecule has 0 spiro atoms. The van der Waals surface area contributed by atoms with Crippen LogP contribution in [-0.4, -0.2) is 25.6 Å². The van der Waals surface area contributed by atoms with E-state index in [1.165, 1.54) is 42.1 Å². The van der Waals surface area contributed by atoms with Gasteiger partial charge in [-0.05, 0) is 17.2 Å². The van der Waals surface area contributed by atoms with E-state index in [2.05, 4.69) is 4.72 Å². The van der Waals surface area contributed by atoms with Crippen molar-refractivity contribution in [2.75, 3.05) is 12.3 Å². The van der Waals surface area contributed by atoms with Crippen LogP contribution in [0, 0.1) is 15.9 Å². The molecule has 0 aliphatic carbocycles. The summed E-state index contributed by atoms with van der Waals surface area (Å²) in [6, 6.07) is 12.0. The first-order chi connectivity index (χ1) is 11.9. The summed E-state index contributed by atoms with van der Waals surface area (Å²) in [7, 11) is -3.59. The van der Waals surface area contributed by atoms with Gasteiger partial charge in [-0.25, -0.2) is 17.5 Å². The fourth-order valence-electron chi connectivity index (χ4n) is 2.10. The largest absolute Gasteiger partial charge is 0.269 e. The van der Waals surface area contributed by atoms with Gasteiger partial charge in [-0.2, -0.15) is 11.8 Å². The number of rotatable bonds is 9. The molecule has 9 heteroatoms. The molecule has 2 rings (SSSR count). The highest BCUT2D eigenvalue weighted by molar-refractivity contribution is 7.98. The Morgan fingerprint density at radius 3 is 2.64 bits per heavy atom. The van der Waals surface area contributed by atoms with Gasteiger partial charge >= 0.3 is 0 Å². The van der Waals surface area contributed by atoms with Crippen LogP contribution in [0.1, 0.15) is 11.1 Å². The maximum Gasteiger partial charge on any atom is 0.269 e. The van der Waals surface area contributed by atoms with E-state index in [0.29, 0.717) is 22.6 Å². The third-order valence-corrected chi connectivity index (χ3v) is 5.63. The Bertz CT molecular complexity index is 844. The first-order valence-corrected chi connectivity index (χ1v) is 10.2. The van der Waals surface area contributed by atoms with Crippen molar-refractivity contribution in [3.8, 4) is 0 Å². The van der Waals surface area contributed by atoms with Gasteiger partial charge in [0.2, 0.25) is 10.0 Å². The van der Waals surface area contributed by atoms with Gasteiger partial charge in [0, 0.05) is 30.2 Å². The molecular formula is C16H17FN2O4S2. The van der Waals surface area contributed by atoms with Crippen LogP contribution >= 0.6 is 11.8 Å². The highest BCUT2D eigenvalue weighted by Gasteiger charge is 2.13. The van der Waals surface area contributed by atoms with Crippen LogP contribution in [0.25, 0.3) is 0 Å². The number of hydrogen-bond donors (Lipinski definition) is 1. The average molecular weight is 384 g/mol. The molecular weight excluding hydrogens is 367 g/mol. The first-order valence-electron chi connectivity index (χ1n) is 7.39. The fraction of sp³-hybridized carbons (Fsp3) is 0.250. The Morgan fingerprint density at radius 1 is 1.16 bits per heavy atom. The Labute approximate surface area is 149 Å². The summed E-state index contributed by atoms with van der Waals surface area (Å²) in [4.78, 5) is 10.1.